The maximum atomic E-state index is 13.2. The normalized spacial score (nSPS) is 11.4. The smallest absolute Gasteiger partial charge is 0.344 e. The minimum absolute atomic E-state index is 0.0186. The SMILES string of the molecule is CCOC(=O)c1c(C)c2ncc(Cc3ccc(F)cc3)c3c(C)cn(c1=O)c23. The highest BCUT2D eigenvalue weighted by molar-refractivity contribution is 6.03. The number of nitrogens with zero attached hydrogens (tertiary/aromatic N) is 2. The van der Waals surface area contributed by atoms with Gasteiger partial charge in [-0.05, 0) is 61.6 Å². The van der Waals surface area contributed by atoms with Gasteiger partial charge in [0.1, 0.15) is 11.4 Å². The zero-order valence-corrected chi connectivity index (χ0v) is 15.9. The lowest BCUT2D eigenvalue weighted by atomic mass is 9.99. The molecule has 0 atom stereocenters. The molecule has 0 aliphatic carbocycles. The van der Waals surface area contributed by atoms with Crippen LogP contribution in [0, 0.1) is 19.7 Å². The first-order valence-electron chi connectivity index (χ1n) is 9.09. The van der Waals surface area contributed by atoms with E-state index >= 15 is 0 Å². The average Bonchev–Trinajstić information content (AvgIpc) is 3.01. The third kappa shape index (κ3) is 2.72. The molecule has 0 aliphatic rings. The van der Waals surface area contributed by atoms with E-state index in [1.807, 2.05) is 6.92 Å². The molecular formula is C22H19FN2O3. The zero-order chi connectivity index (χ0) is 20.0. The molecule has 0 saturated carbocycles. The van der Waals surface area contributed by atoms with Gasteiger partial charge in [0, 0.05) is 17.8 Å². The molecule has 6 heteroatoms. The lowest BCUT2D eigenvalue weighted by Crippen LogP contribution is -2.25. The van der Waals surface area contributed by atoms with E-state index in [0.29, 0.717) is 23.0 Å². The van der Waals surface area contributed by atoms with Crippen molar-refractivity contribution in [3.8, 4) is 0 Å². The Morgan fingerprint density at radius 2 is 1.93 bits per heavy atom. The van der Waals surface area contributed by atoms with Crippen molar-refractivity contribution >= 4 is 22.4 Å². The van der Waals surface area contributed by atoms with Crippen molar-refractivity contribution in [2.75, 3.05) is 6.61 Å². The highest BCUT2D eigenvalue weighted by Gasteiger charge is 2.24. The Hall–Kier alpha value is -3.28. The van der Waals surface area contributed by atoms with E-state index in [1.165, 1.54) is 16.5 Å². The van der Waals surface area contributed by atoms with E-state index < -0.39 is 11.5 Å². The largest absolute Gasteiger partial charge is 0.462 e. The van der Waals surface area contributed by atoms with Crippen LogP contribution >= 0.6 is 0 Å². The second-order valence-corrected chi connectivity index (χ2v) is 6.87. The molecule has 0 fully saturated rings. The highest BCUT2D eigenvalue weighted by Crippen LogP contribution is 2.30. The Balaban J connectivity index is 1.96. The van der Waals surface area contributed by atoms with E-state index in [9.17, 15) is 14.0 Å². The first-order chi connectivity index (χ1) is 13.4. The Morgan fingerprint density at radius 3 is 2.61 bits per heavy atom. The predicted molar refractivity (Wildman–Crippen MR) is 105 cm³/mol. The topological polar surface area (TPSA) is 60.7 Å². The van der Waals surface area contributed by atoms with Crippen LogP contribution in [0.25, 0.3) is 16.4 Å². The van der Waals surface area contributed by atoms with Crippen LogP contribution < -0.4 is 5.56 Å². The van der Waals surface area contributed by atoms with Gasteiger partial charge >= 0.3 is 5.97 Å². The Bertz CT molecular complexity index is 1260. The fourth-order valence-electron chi connectivity index (χ4n) is 3.77. The average molecular weight is 378 g/mol. The highest BCUT2D eigenvalue weighted by atomic mass is 19.1. The first kappa shape index (κ1) is 18.1. The molecule has 1 aromatic carbocycles. The van der Waals surface area contributed by atoms with E-state index in [-0.39, 0.29) is 18.0 Å². The summed E-state index contributed by atoms with van der Waals surface area (Å²) in [5, 5.41) is 0.935. The molecule has 4 rings (SSSR count). The molecule has 5 nitrogen and oxygen atoms in total. The van der Waals surface area contributed by atoms with Gasteiger partial charge in [-0.25, -0.2) is 9.18 Å². The van der Waals surface area contributed by atoms with E-state index in [4.69, 9.17) is 4.74 Å². The van der Waals surface area contributed by atoms with Crippen molar-refractivity contribution in [2.24, 2.45) is 0 Å². The van der Waals surface area contributed by atoms with Gasteiger partial charge in [-0.1, -0.05) is 12.1 Å². The van der Waals surface area contributed by atoms with Crippen LogP contribution in [0.15, 0.2) is 41.5 Å². The van der Waals surface area contributed by atoms with E-state index in [2.05, 4.69) is 4.98 Å². The molecule has 0 unspecified atom stereocenters. The molecule has 3 heterocycles. The van der Waals surface area contributed by atoms with Crippen molar-refractivity contribution in [1.82, 2.24) is 9.38 Å². The second kappa shape index (κ2) is 6.71. The Morgan fingerprint density at radius 1 is 1.21 bits per heavy atom. The molecule has 28 heavy (non-hydrogen) atoms. The first-order valence-corrected chi connectivity index (χ1v) is 9.09. The van der Waals surface area contributed by atoms with Crippen LogP contribution in [0.5, 0.6) is 0 Å². The Kier molecular flexibility index (Phi) is 4.34. The fraction of sp³-hybridized carbons (Fsp3) is 0.227. The van der Waals surface area contributed by atoms with Gasteiger partial charge in [0.2, 0.25) is 0 Å². The molecule has 0 saturated heterocycles. The number of halogens is 1. The minimum atomic E-state index is -0.632. The molecule has 0 radical (unpaired) electrons. The van der Waals surface area contributed by atoms with Gasteiger partial charge < -0.3 is 4.74 Å². The van der Waals surface area contributed by atoms with Crippen LogP contribution in [0.3, 0.4) is 0 Å². The number of esters is 1. The van der Waals surface area contributed by atoms with Crippen molar-refractivity contribution in [3.05, 3.63) is 80.6 Å². The molecule has 0 N–H and O–H groups in total. The summed E-state index contributed by atoms with van der Waals surface area (Å²) in [6, 6.07) is 6.33. The zero-order valence-electron chi connectivity index (χ0n) is 15.9. The second-order valence-electron chi connectivity index (χ2n) is 6.87. The number of benzene rings is 1. The monoisotopic (exact) mass is 378 g/mol. The van der Waals surface area contributed by atoms with Crippen LogP contribution in [0.4, 0.5) is 4.39 Å². The molecule has 0 aliphatic heterocycles. The number of ether oxygens (including phenoxy) is 1. The quantitative estimate of drug-likeness (QED) is 0.507. The summed E-state index contributed by atoms with van der Waals surface area (Å²) in [5.41, 5.74) is 4.26. The van der Waals surface area contributed by atoms with Gasteiger partial charge in [-0.15, -0.1) is 0 Å². The standard InChI is InChI=1S/C22H19FN2O3/c1-4-28-22(27)18-13(3)19-20-17(12(2)11-25(20)21(18)26)15(10-24-19)9-14-5-7-16(23)8-6-14/h5-8,10-11H,4,9H2,1-3H3. The van der Waals surface area contributed by atoms with Crippen molar-refractivity contribution < 1.29 is 13.9 Å². The number of aromatic nitrogens is 2. The third-order valence-corrected chi connectivity index (χ3v) is 5.04. The number of hydrogen-bond donors (Lipinski definition) is 0. The van der Waals surface area contributed by atoms with E-state index in [0.717, 1.165) is 22.1 Å². The van der Waals surface area contributed by atoms with Crippen molar-refractivity contribution in [1.29, 1.82) is 0 Å². The summed E-state index contributed by atoms with van der Waals surface area (Å²) in [4.78, 5) is 29.9. The summed E-state index contributed by atoms with van der Waals surface area (Å²) >= 11 is 0. The van der Waals surface area contributed by atoms with Crippen molar-refractivity contribution in [2.45, 2.75) is 27.2 Å². The number of rotatable bonds is 4. The summed E-state index contributed by atoms with van der Waals surface area (Å²) in [6.45, 7) is 5.54. The van der Waals surface area contributed by atoms with Gasteiger partial charge in [0.25, 0.3) is 5.56 Å². The molecule has 0 bridgehead atoms. The molecule has 142 valence electrons. The van der Waals surface area contributed by atoms with Gasteiger partial charge in [-0.2, -0.15) is 0 Å². The minimum Gasteiger partial charge on any atom is -0.462 e. The summed E-state index contributed by atoms with van der Waals surface area (Å²) in [5.74, 6) is -0.913. The number of aryl methyl sites for hydroxylation is 2. The lowest BCUT2D eigenvalue weighted by Gasteiger charge is -2.11. The molecule has 0 spiro atoms. The van der Waals surface area contributed by atoms with Crippen LogP contribution in [0.2, 0.25) is 0 Å². The maximum absolute atomic E-state index is 13.2. The fourth-order valence-corrected chi connectivity index (χ4v) is 3.77. The summed E-state index contributed by atoms with van der Waals surface area (Å²) in [7, 11) is 0. The number of hydrogen-bond acceptors (Lipinski definition) is 4. The molecule has 0 amide bonds. The van der Waals surface area contributed by atoms with E-state index in [1.54, 1.807) is 38.4 Å². The number of carbonyl (C=O) groups excluding carboxylic acids is 1. The third-order valence-electron chi connectivity index (χ3n) is 5.04. The van der Waals surface area contributed by atoms with Gasteiger partial charge in [0.05, 0.1) is 17.6 Å². The maximum Gasteiger partial charge on any atom is 0.344 e. The molecule has 4 aromatic rings. The summed E-state index contributed by atoms with van der Waals surface area (Å²) < 4.78 is 19.7. The van der Waals surface area contributed by atoms with Gasteiger partial charge in [0.15, 0.2) is 0 Å². The Labute approximate surface area is 160 Å². The summed E-state index contributed by atoms with van der Waals surface area (Å²) in [6.07, 6.45) is 4.06. The van der Waals surface area contributed by atoms with Gasteiger partial charge in [-0.3, -0.25) is 14.2 Å². The number of carbonyl (C=O) groups is 1. The lowest BCUT2D eigenvalue weighted by molar-refractivity contribution is 0.0523. The number of pyridine rings is 2. The predicted octanol–water partition coefficient (Wildman–Crippen LogP) is 3.81. The molecule has 3 aromatic heterocycles. The van der Waals surface area contributed by atoms with Crippen LogP contribution in [0.1, 0.15) is 39.5 Å². The van der Waals surface area contributed by atoms with Crippen LogP contribution in [-0.4, -0.2) is 22.0 Å². The van der Waals surface area contributed by atoms with Crippen molar-refractivity contribution in [3.63, 3.8) is 0 Å². The van der Waals surface area contributed by atoms with Crippen LogP contribution in [-0.2, 0) is 11.2 Å². The molecular weight excluding hydrogens is 359 g/mol.